The maximum absolute atomic E-state index is 12.9. The molecule has 1 aliphatic heterocycles. The normalized spacial score (nSPS) is 19.2. The van der Waals surface area contributed by atoms with Gasteiger partial charge in [-0.1, -0.05) is 31.7 Å². The molecule has 0 bridgehead atoms. The van der Waals surface area contributed by atoms with Crippen LogP contribution in [0, 0.1) is 5.92 Å². The lowest BCUT2D eigenvalue weighted by Crippen LogP contribution is -2.54. The zero-order chi connectivity index (χ0) is 21.6. The van der Waals surface area contributed by atoms with Gasteiger partial charge < -0.3 is 20.3 Å². The van der Waals surface area contributed by atoms with E-state index in [0.29, 0.717) is 24.2 Å². The Hall–Kier alpha value is -2.83. The predicted molar refractivity (Wildman–Crippen MR) is 111 cm³/mol. The molecule has 0 radical (unpaired) electrons. The summed E-state index contributed by atoms with van der Waals surface area (Å²) >= 11 is 0. The SMILES string of the molecule is C=CC(=O)NCc1ccccc1C(=O)NC1CN(C(=O)OC(C)(C)C)CCC1C. The summed E-state index contributed by atoms with van der Waals surface area (Å²) in [5, 5.41) is 5.75. The first-order valence-electron chi connectivity index (χ1n) is 9.87. The molecule has 0 aromatic heterocycles. The first kappa shape index (κ1) is 22.5. The van der Waals surface area contributed by atoms with E-state index in [9.17, 15) is 14.4 Å². The Morgan fingerprint density at radius 3 is 2.62 bits per heavy atom. The van der Waals surface area contributed by atoms with Gasteiger partial charge in [-0.25, -0.2) is 4.79 Å². The molecule has 1 heterocycles. The molecule has 158 valence electrons. The summed E-state index contributed by atoms with van der Waals surface area (Å²) < 4.78 is 5.46. The highest BCUT2D eigenvalue weighted by molar-refractivity contribution is 5.96. The van der Waals surface area contributed by atoms with Crippen molar-refractivity contribution in [1.29, 1.82) is 0 Å². The largest absolute Gasteiger partial charge is 0.444 e. The van der Waals surface area contributed by atoms with Gasteiger partial charge in [0.1, 0.15) is 5.60 Å². The second-order valence-corrected chi connectivity index (χ2v) is 8.35. The molecule has 1 aliphatic rings. The molecule has 1 saturated heterocycles. The number of rotatable bonds is 5. The molecule has 1 fully saturated rings. The molecular weight excluding hydrogens is 370 g/mol. The van der Waals surface area contributed by atoms with E-state index in [0.717, 1.165) is 6.42 Å². The molecule has 2 N–H and O–H groups in total. The minimum Gasteiger partial charge on any atom is -0.444 e. The number of nitrogens with one attached hydrogen (secondary N) is 2. The fraction of sp³-hybridized carbons (Fsp3) is 0.500. The average Bonchev–Trinajstić information content (AvgIpc) is 2.66. The smallest absolute Gasteiger partial charge is 0.410 e. The second kappa shape index (κ2) is 9.58. The van der Waals surface area contributed by atoms with Gasteiger partial charge in [-0.2, -0.15) is 0 Å². The molecule has 0 saturated carbocycles. The van der Waals surface area contributed by atoms with Crippen LogP contribution in [0.5, 0.6) is 0 Å². The van der Waals surface area contributed by atoms with Crippen molar-refractivity contribution >= 4 is 17.9 Å². The molecule has 0 aliphatic carbocycles. The molecule has 1 aromatic carbocycles. The highest BCUT2D eigenvalue weighted by Crippen LogP contribution is 2.20. The van der Waals surface area contributed by atoms with Crippen LogP contribution < -0.4 is 10.6 Å². The average molecular weight is 402 g/mol. The van der Waals surface area contributed by atoms with E-state index in [-0.39, 0.29) is 36.4 Å². The van der Waals surface area contributed by atoms with Gasteiger partial charge in [0.15, 0.2) is 0 Å². The lowest BCUT2D eigenvalue weighted by atomic mass is 9.93. The number of piperidine rings is 1. The van der Waals surface area contributed by atoms with Gasteiger partial charge >= 0.3 is 6.09 Å². The Morgan fingerprint density at radius 1 is 1.28 bits per heavy atom. The van der Waals surface area contributed by atoms with Crippen molar-refractivity contribution < 1.29 is 19.1 Å². The summed E-state index contributed by atoms with van der Waals surface area (Å²) in [6.45, 7) is 12.2. The Balaban J connectivity index is 2.06. The van der Waals surface area contributed by atoms with E-state index >= 15 is 0 Å². The van der Waals surface area contributed by atoms with Crippen LogP contribution in [0.3, 0.4) is 0 Å². The van der Waals surface area contributed by atoms with Crippen LogP contribution in [0.4, 0.5) is 4.79 Å². The quantitative estimate of drug-likeness (QED) is 0.743. The van der Waals surface area contributed by atoms with Crippen LogP contribution in [0.25, 0.3) is 0 Å². The first-order chi connectivity index (χ1) is 13.6. The second-order valence-electron chi connectivity index (χ2n) is 8.35. The first-order valence-corrected chi connectivity index (χ1v) is 9.87. The van der Waals surface area contributed by atoms with E-state index < -0.39 is 5.60 Å². The zero-order valence-electron chi connectivity index (χ0n) is 17.7. The fourth-order valence-electron chi connectivity index (χ4n) is 3.15. The standard InChI is InChI=1S/C22H31N3O4/c1-6-19(26)23-13-16-9-7-8-10-17(16)20(27)24-18-14-25(12-11-15(18)2)21(28)29-22(3,4)5/h6-10,15,18H,1,11-14H2,2-5H3,(H,23,26)(H,24,27). The molecule has 3 amide bonds. The summed E-state index contributed by atoms with van der Waals surface area (Å²) in [5.41, 5.74) is 0.652. The third kappa shape index (κ3) is 6.62. The highest BCUT2D eigenvalue weighted by atomic mass is 16.6. The number of likely N-dealkylation sites (tertiary alicyclic amines) is 1. The molecule has 2 atom stereocenters. The Bertz CT molecular complexity index is 770. The fourth-order valence-corrected chi connectivity index (χ4v) is 3.15. The topological polar surface area (TPSA) is 87.7 Å². The molecule has 7 heteroatoms. The van der Waals surface area contributed by atoms with Crippen molar-refractivity contribution in [1.82, 2.24) is 15.5 Å². The van der Waals surface area contributed by atoms with Crippen LogP contribution in [0.2, 0.25) is 0 Å². The van der Waals surface area contributed by atoms with Gasteiger partial charge in [0, 0.05) is 31.2 Å². The summed E-state index contributed by atoms with van der Waals surface area (Å²) in [4.78, 5) is 38.4. The predicted octanol–water partition coefficient (Wildman–Crippen LogP) is 2.86. The van der Waals surface area contributed by atoms with Crippen LogP contribution in [-0.4, -0.2) is 47.5 Å². The van der Waals surface area contributed by atoms with E-state index in [1.54, 1.807) is 23.1 Å². The Labute approximate surface area is 172 Å². The third-order valence-electron chi connectivity index (χ3n) is 4.83. The van der Waals surface area contributed by atoms with Crippen molar-refractivity contribution in [2.45, 2.75) is 52.3 Å². The van der Waals surface area contributed by atoms with Gasteiger partial charge in [-0.3, -0.25) is 9.59 Å². The van der Waals surface area contributed by atoms with Crippen molar-refractivity contribution in [2.24, 2.45) is 5.92 Å². The maximum Gasteiger partial charge on any atom is 0.410 e. The molecule has 29 heavy (non-hydrogen) atoms. The van der Waals surface area contributed by atoms with Crippen LogP contribution in [0.15, 0.2) is 36.9 Å². The number of ether oxygens (including phenoxy) is 1. The number of carbonyl (C=O) groups excluding carboxylic acids is 3. The summed E-state index contributed by atoms with van der Waals surface area (Å²) in [5.74, 6) is -0.296. The minimum atomic E-state index is -0.562. The van der Waals surface area contributed by atoms with E-state index in [1.807, 2.05) is 26.8 Å². The van der Waals surface area contributed by atoms with Gasteiger partial charge in [-0.05, 0) is 50.8 Å². The molecule has 2 rings (SSSR count). The van der Waals surface area contributed by atoms with E-state index in [1.165, 1.54) is 6.08 Å². The number of hydrogen-bond donors (Lipinski definition) is 2. The van der Waals surface area contributed by atoms with E-state index in [2.05, 4.69) is 24.1 Å². The van der Waals surface area contributed by atoms with Gasteiger partial charge in [-0.15, -0.1) is 0 Å². The number of hydrogen-bond acceptors (Lipinski definition) is 4. The summed E-state index contributed by atoms with van der Waals surface area (Å²) in [7, 11) is 0. The lowest BCUT2D eigenvalue weighted by Gasteiger charge is -2.38. The molecule has 2 unspecified atom stereocenters. The Kier molecular flexibility index (Phi) is 7.42. The number of carbonyl (C=O) groups is 3. The molecule has 1 aromatic rings. The van der Waals surface area contributed by atoms with Crippen molar-refractivity contribution in [2.75, 3.05) is 13.1 Å². The molecule has 0 spiro atoms. The maximum atomic E-state index is 12.9. The summed E-state index contributed by atoms with van der Waals surface area (Å²) in [6, 6.07) is 6.95. The van der Waals surface area contributed by atoms with Gasteiger partial charge in [0.05, 0.1) is 0 Å². The summed E-state index contributed by atoms with van der Waals surface area (Å²) in [6.07, 6.45) is 1.61. The van der Waals surface area contributed by atoms with Crippen molar-refractivity contribution in [3.8, 4) is 0 Å². The molecule has 7 nitrogen and oxygen atoms in total. The highest BCUT2D eigenvalue weighted by Gasteiger charge is 2.32. The van der Waals surface area contributed by atoms with Crippen LogP contribution in [-0.2, 0) is 16.1 Å². The van der Waals surface area contributed by atoms with Gasteiger partial charge in [0.2, 0.25) is 5.91 Å². The lowest BCUT2D eigenvalue weighted by molar-refractivity contribution is -0.116. The van der Waals surface area contributed by atoms with Crippen LogP contribution in [0.1, 0.15) is 50.0 Å². The van der Waals surface area contributed by atoms with E-state index in [4.69, 9.17) is 4.74 Å². The Morgan fingerprint density at radius 2 is 1.97 bits per heavy atom. The minimum absolute atomic E-state index is 0.181. The zero-order valence-corrected chi connectivity index (χ0v) is 17.7. The third-order valence-corrected chi connectivity index (χ3v) is 4.83. The number of nitrogens with zero attached hydrogens (tertiary/aromatic N) is 1. The van der Waals surface area contributed by atoms with Crippen LogP contribution >= 0.6 is 0 Å². The van der Waals surface area contributed by atoms with Crippen molar-refractivity contribution in [3.63, 3.8) is 0 Å². The van der Waals surface area contributed by atoms with Crippen molar-refractivity contribution in [3.05, 3.63) is 48.0 Å². The monoisotopic (exact) mass is 401 g/mol. The number of amides is 3. The van der Waals surface area contributed by atoms with Gasteiger partial charge in [0.25, 0.3) is 5.91 Å². The number of benzene rings is 1. The molecular formula is C22H31N3O4.